The lowest BCUT2D eigenvalue weighted by atomic mass is 10.1. The number of benzene rings is 2. The van der Waals surface area contributed by atoms with Gasteiger partial charge in [-0.05, 0) is 36.4 Å². The van der Waals surface area contributed by atoms with Gasteiger partial charge in [0.05, 0.1) is 16.8 Å². The average molecular weight is 358 g/mol. The fourth-order valence-electron chi connectivity index (χ4n) is 1.97. The summed E-state index contributed by atoms with van der Waals surface area (Å²) >= 11 is 3.23. The molecule has 2 aromatic rings. The van der Waals surface area contributed by atoms with Crippen molar-refractivity contribution in [3.8, 4) is 11.5 Å². The Bertz CT molecular complexity index is 743. The first-order valence-electron chi connectivity index (χ1n) is 5.84. The van der Waals surface area contributed by atoms with Crippen LogP contribution in [0.3, 0.4) is 0 Å². The fraction of sp³-hybridized carbons (Fsp3) is 0.0714. The summed E-state index contributed by atoms with van der Waals surface area (Å²) in [7, 11) is 0. The van der Waals surface area contributed by atoms with Gasteiger partial charge in [0.15, 0.2) is 5.75 Å². The van der Waals surface area contributed by atoms with Crippen molar-refractivity contribution in [2.24, 2.45) is 0 Å². The second kappa shape index (κ2) is 4.77. The molecule has 0 saturated carbocycles. The standard InChI is InChI=1S/C14H7BrF3NO2/c15-8-2-4-11-9(6-8)13(20)19-10-5-7(14(16,17)18)1-3-12(10)21-11/h1-6H,(H,19,20). The number of hydrogen-bond acceptors (Lipinski definition) is 2. The van der Waals surface area contributed by atoms with Crippen molar-refractivity contribution in [1.82, 2.24) is 0 Å². The monoisotopic (exact) mass is 357 g/mol. The highest BCUT2D eigenvalue weighted by atomic mass is 79.9. The Balaban J connectivity index is 2.09. The maximum Gasteiger partial charge on any atom is 0.416 e. The van der Waals surface area contributed by atoms with Crippen molar-refractivity contribution in [2.75, 3.05) is 5.32 Å². The lowest BCUT2D eigenvalue weighted by molar-refractivity contribution is -0.137. The van der Waals surface area contributed by atoms with Gasteiger partial charge in [0.1, 0.15) is 5.75 Å². The molecule has 1 aliphatic rings. The van der Waals surface area contributed by atoms with Crippen LogP contribution in [0.1, 0.15) is 15.9 Å². The predicted molar refractivity (Wildman–Crippen MR) is 73.6 cm³/mol. The molecule has 0 fully saturated rings. The molecule has 0 atom stereocenters. The second-order valence-corrected chi connectivity index (χ2v) is 5.32. The molecule has 21 heavy (non-hydrogen) atoms. The first-order chi connectivity index (χ1) is 9.84. The van der Waals surface area contributed by atoms with Crippen LogP contribution in [0.4, 0.5) is 18.9 Å². The van der Waals surface area contributed by atoms with E-state index in [2.05, 4.69) is 21.2 Å². The maximum atomic E-state index is 12.7. The van der Waals surface area contributed by atoms with E-state index in [1.807, 2.05) is 0 Å². The average Bonchev–Trinajstić information content (AvgIpc) is 2.53. The lowest BCUT2D eigenvalue weighted by Crippen LogP contribution is -2.11. The molecule has 1 N–H and O–H groups in total. The molecule has 3 rings (SSSR count). The van der Waals surface area contributed by atoms with E-state index in [9.17, 15) is 18.0 Å². The summed E-state index contributed by atoms with van der Waals surface area (Å²) in [6, 6.07) is 7.76. The third kappa shape index (κ3) is 2.61. The molecule has 2 aromatic carbocycles. The molecule has 3 nitrogen and oxygen atoms in total. The number of rotatable bonds is 0. The lowest BCUT2D eigenvalue weighted by Gasteiger charge is -2.11. The maximum absolute atomic E-state index is 12.7. The van der Waals surface area contributed by atoms with Crippen molar-refractivity contribution in [2.45, 2.75) is 6.18 Å². The van der Waals surface area contributed by atoms with Crippen LogP contribution in [-0.2, 0) is 6.18 Å². The van der Waals surface area contributed by atoms with Crippen LogP contribution in [0.15, 0.2) is 40.9 Å². The molecular formula is C14H7BrF3NO2. The minimum Gasteiger partial charge on any atom is -0.454 e. The topological polar surface area (TPSA) is 38.3 Å². The number of ether oxygens (including phenoxy) is 1. The van der Waals surface area contributed by atoms with Crippen molar-refractivity contribution in [3.63, 3.8) is 0 Å². The summed E-state index contributed by atoms with van der Waals surface area (Å²) in [5.41, 5.74) is -0.617. The molecule has 0 aliphatic carbocycles. The largest absolute Gasteiger partial charge is 0.454 e. The molecule has 1 heterocycles. The zero-order valence-electron chi connectivity index (χ0n) is 10.3. The van der Waals surface area contributed by atoms with E-state index in [1.54, 1.807) is 18.2 Å². The molecular weight excluding hydrogens is 351 g/mol. The second-order valence-electron chi connectivity index (χ2n) is 4.41. The van der Waals surface area contributed by atoms with E-state index in [1.165, 1.54) is 6.07 Å². The van der Waals surface area contributed by atoms with Crippen LogP contribution in [0.2, 0.25) is 0 Å². The summed E-state index contributed by atoms with van der Waals surface area (Å²) in [6.45, 7) is 0. The molecule has 1 amide bonds. The van der Waals surface area contributed by atoms with E-state index >= 15 is 0 Å². The van der Waals surface area contributed by atoms with Crippen molar-refractivity contribution in [1.29, 1.82) is 0 Å². The zero-order chi connectivity index (χ0) is 15.2. The van der Waals surface area contributed by atoms with Gasteiger partial charge in [0.25, 0.3) is 5.91 Å². The molecule has 7 heteroatoms. The summed E-state index contributed by atoms with van der Waals surface area (Å²) in [5, 5.41) is 2.43. The van der Waals surface area contributed by atoms with Gasteiger partial charge in [-0.1, -0.05) is 15.9 Å². The van der Waals surface area contributed by atoms with E-state index in [0.29, 0.717) is 4.47 Å². The molecule has 1 aliphatic heterocycles. The first kappa shape index (κ1) is 13.9. The van der Waals surface area contributed by atoms with Crippen LogP contribution >= 0.6 is 15.9 Å². The Hall–Kier alpha value is -2.02. The molecule has 0 spiro atoms. The van der Waals surface area contributed by atoms with Crippen LogP contribution in [0, 0.1) is 0 Å². The van der Waals surface area contributed by atoms with Gasteiger partial charge < -0.3 is 10.1 Å². The summed E-state index contributed by atoms with van der Waals surface area (Å²) in [4.78, 5) is 12.1. The Morgan fingerprint density at radius 1 is 1.05 bits per heavy atom. The van der Waals surface area contributed by atoms with Crippen LogP contribution in [-0.4, -0.2) is 5.91 Å². The summed E-state index contributed by atoms with van der Waals surface area (Å²) in [6.07, 6.45) is -4.48. The Kier molecular flexibility index (Phi) is 3.16. The molecule has 108 valence electrons. The smallest absolute Gasteiger partial charge is 0.416 e. The van der Waals surface area contributed by atoms with Gasteiger partial charge in [-0.3, -0.25) is 4.79 Å². The number of anilines is 1. The fourth-order valence-corrected chi connectivity index (χ4v) is 2.33. The third-order valence-electron chi connectivity index (χ3n) is 2.96. The number of carbonyl (C=O) groups excluding carboxylic acids is 1. The van der Waals surface area contributed by atoms with Crippen molar-refractivity contribution < 1.29 is 22.7 Å². The number of fused-ring (bicyclic) bond motifs is 2. The Morgan fingerprint density at radius 3 is 2.48 bits per heavy atom. The molecule has 0 saturated heterocycles. The van der Waals surface area contributed by atoms with E-state index in [0.717, 1.165) is 12.1 Å². The number of hydrogen-bond donors (Lipinski definition) is 1. The van der Waals surface area contributed by atoms with Gasteiger partial charge >= 0.3 is 6.18 Å². The number of halogens is 4. The zero-order valence-corrected chi connectivity index (χ0v) is 11.9. The van der Waals surface area contributed by atoms with Crippen molar-refractivity contribution in [3.05, 3.63) is 52.0 Å². The van der Waals surface area contributed by atoms with E-state index < -0.39 is 17.6 Å². The van der Waals surface area contributed by atoms with Gasteiger partial charge in [0.2, 0.25) is 0 Å². The van der Waals surface area contributed by atoms with Crippen LogP contribution < -0.4 is 10.1 Å². The first-order valence-corrected chi connectivity index (χ1v) is 6.64. The quantitative estimate of drug-likeness (QED) is 0.733. The van der Waals surface area contributed by atoms with Gasteiger partial charge in [-0.15, -0.1) is 0 Å². The van der Waals surface area contributed by atoms with E-state index in [4.69, 9.17) is 4.74 Å². The normalized spacial score (nSPS) is 13.6. The number of carbonyl (C=O) groups is 1. The highest BCUT2D eigenvalue weighted by Crippen LogP contribution is 2.40. The number of alkyl halides is 3. The van der Waals surface area contributed by atoms with E-state index in [-0.39, 0.29) is 22.7 Å². The van der Waals surface area contributed by atoms with Crippen LogP contribution in [0.25, 0.3) is 0 Å². The van der Waals surface area contributed by atoms with Crippen molar-refractivity contribution >= 4 is 27.5 Å². The molecule has 0 aromatic heterocycles. The summed E-state index contributed by atoms with van der Waals surface area (Å²) < 4.78 is 44.3. The molecule has 0 radical (unpaired) electrons. The van der Waals surface area contributed by atoms with Gasteiger partial charge in [-0.2, -0.15) is 13.2 Å². The Morgan fingerprint density at radius 2 is 1.76 bits per heavy atom. The summed E-state index contributed by atoms with van der Waals surface area (Å²) in [5.74, 6) is -0.0731. The minimum absolute atomic E-state index is 0.0119. The van der Waals surface area contributed by atoms with Gasteiger partial charge in [-0.25, -0.2) is 0 Å². The predicted octanol–water partition coefficient (Wildman–Crippen LogP) is 4.83. The number of amides is 1. The SMILES string of the molecule is O=C1Nc2cc(C(F)(F)F)ccc2Oc2ccc(Br)cc21. The minimum atomic E-state index is -4.48. The van der Waals surface area contributed by atoms with Crippen LogP contribution in [0.5, 0.6) is 11.5 Å². The van der Waals surface area contributed by atoms with Gasteiger partial charge in [0, 0.05) is 4.47 Å². The highest BCUT2D eigenvalue weighted by molar-refractivity contribution is 9.10. The molecule has 0 unspecified atom stereocenters. The third-order valence-corrected chi connectivity index (χ3v) is 3.45. The Labute approximate surface area is 125 Å². The number of nitrogens with one attached hydrogen (secondary N) is 1. The molecule has 0 bridgehead atoms. The highest BCUT2D eigenvalue weighted by Gasteiger charge is 2.32.